The number of halogens is 1. The molecule has 0 aromatic heterocycles. The van der Waals surface area contributed by atoms with Crippen LogP contribution < -0.4 is 9.62 Å². The fraction of sp³-hybridized carbons (Fsp3) is 0.459. The van der Waals surface area contributed by atoms with E-state index in [1.54, 1.807) is 18.2 Å². The minimum absolute atomic E-state index is 0.0938. The second kappa shape index (κ2) is 13.4. The van der Waals surface area contributed by atoms with E-state index in [0.717, 1.165) is 35.1 Å². The molecule has 0 radical (unpaired) electrons. The van der Waals surface area contributed by atoms with Crippen LogP contribution in [0.1, 0.15) is 62.1 Å². The molecule has 4 saturated carbocycles. The lowest BCUT2D eigenvalue weighted by Gasteiger charge is -2.57. The molecular formula is C37H44ClN3O4S. The van der Waals surface area contributed by atoms with Gasteiger partial charge < -0.3 is 10.2 Å². The summed E-state index contributed by atoms with van der Waals surface area (Å²) < 4.78 is 27.7. The Morgan fingerprint density at radius 1 is 0.891 bits per heavy atom. The van der Waals surface area contributed by atoms with Gasteiger partial charge in [0.1, 0.15) is 12.6 Å². The predicted molar refractivity (Wildman–Crippen MR) is 183 cm³/mol. The second-order valence-corrected chi connectivity index (χ2v) is 16.1. The first kappa shape index (κ1) is 32.6. The zero-order chi connectivity index (χ0) is 32.5. The average Bonchev–Trinajstić information content (AvgIpc) is 3.01. The van der Waals surface area contributed by atoms with Gasteiger partial charge in [-0.05, 0) is 110 Å². The molecule has 4 aliphatic rings. The van der Waals surface area contributed by atoms with Crippen molar-refractivity contribution in [1.29, 1.82) is 0 Å². The number of anilines is 1. The lowest BCUT2D eigenvalue weighted by atomic mass is 9.48. The van der Waals surface area contributed by atoms with E-state index in [1.807, 2.05) is 55.5 Å². The van der Waals surface area contributed by atoms with Crippen LogP contribution >= 0.6 is 11.6 Å². The second-order valence-electron chi connectivity index (χ2n) is 13.8. The van der Waals surface area contributed by atoms with Crippen molar-refractivity contribution in [2.45, 2.75) is 69.9 Å². The maximum absolute atomic E-state index is 14.3. The number of sulfonamides is 1. The summed E-state index contributed by atoms with van der Waals surface area (Å²) in [6.45, 7) is 1.89. The van der Waals surface area contributed by atoms with Crippen LogP contribution in [0.5, 0.6) is 0 Å². The highest BCUT2D eigenvalue weighted by Gasteiger charge is 2.51. The van der Waals surface area contributed by atoms with Gasteiger partial charge in [-0.2, -0.15) is 0 Å². The molecule has 4 bridgehead atoms. The third-order valence-electron chi connectivity index (χ3n) is 10.3. The van der Waals surface area contributed by atoms with Crippen LogP contribution in [0.15, 0.2) is 78.9 Å². The van der Waals surface area contributed by atoms with Gasteiger partial charge in [0.2, 0.25) is 21.8 Å². The van der Waals surface area contributed by atoms with E-state index in [-0.39, 0.29) is 24.3 Å². The normalized spacial score (nSPS) is 23.9. The van der Waals surface area contributed by atoms with E-state index in [2.05, 4.69) is 17.4 Å². The predicted octanol–water partition coefficient (Wildman–Crippen LogP) is 6.35. The standard InChI is InChI=1S/C37H44ClN3O4S/c1-3-39-36(43)34(20-26-8-5-4-6-9-26)40(24-27-10-7-11-32(38)19-27)35(42)25-41(46(2,44)45)33-14-12-31(13-15-33)37-21-28-16-29(22-37)18-30(17-28)23-37/h4-15,19,28-30,34H,3,16-18,20-25H2,1-2H3,(H,39,43)/t28?,29?,30?,34-,37?/m1/s1. The molecule has 0 heterocycles. The summed E-state index contributed by atoms with van der Waals surface area (Å²) in [5.74, 6) is 1.64. The molecule has 9 heteroatoms. The summed E-state index contributed by atoms with van der Waals surface area (Å²) in [5, 5.41) is 3.40. The van der Waals surface area contributed by atoms with Gasteiger partial charge in [0, 0.05) is 24.5 Å². The first-order chi connectivity index (χ1) is 22.0. The van der Waals surface area contributed by atoms with Gasteiger partial charge in [-0.1, -0.05) is 66.2 Å². The fourth-order valence-electron chi connectivity index (χ4n) is 8.74. The molecular weight excluding hydrogens is 618 g/mol. The van der Waals surface area contributed by atoms with Crippen molar-refractivity contribution >= 4 is 39.1 Å². The van der Waals surface area contributed by atoms with Gasteiger partial charge in [-0.3, -0.25) is 13.9 Å². The van der Waals surface area contributed by atoms with Gasteiger partial charge >= 0.3 is 0 Å². The smallest absolute Gasteiger partial charge is 0.244 e. The minimum Gasteiger partial charge on any atom is -0.355 e. The molecule has 0 aliphatic heterocycles. The van der Waals surface area contributed by atoms with Crippen molar-refractivity contribution in [2.24, 2.45) is 17.8 Å². The SMILES string of the molecule is CCNC(=O)[C@@H](Cc1ccccc1)N(Cc1cccc(Cl)c1)C(=O)CN(c1ccc(C23CC4CC(CC(C4)C2)C3)cc1)S(C)(=O)=O. The van der Waals surface area contributed by atoms with Gasteiger partial charge in [-0.15, -0.1) is 0 Å². The highest BCUT2D eigenvalue weighted by molar-refractivity contribution is 7.92. The molecule has 0 saturated heterocycles. The maximum Gasteiger partial charge on any atom is 0.244 e. The van der Waals surface area contributed by atoms with E-state index in [0.29, 0.717) is 17.3 Å². The Morgan fingerprint density at radius 2 is 1.50 bits per heavy atom. The van der Waals surface area contributed by atoms with Crippen LogP contribution in [0.4, 0.5) is 5.69 Å². The number of nitrogens with zero attached hydrogens (tertiary/aromatic N) is 2. The van der Waals surface area contributed by atoms with Crippen LogP contribution in [-0.4, -0.2) is 50.5 Å². The van der Waals surface area contributed by atoms with Gasteiger partial charge in [-0.25, -0.2) is 8.42 Å². The van der Waals surface area contributed by atoms with Gasteiger partial charge in [0.05, 0.1) is 11.9 Å². The Labute approximate surface area is 278 Å². The number of hydrogen-bond donors (Lipinski definition) is 1. The number of nitrogens with one attached hydrogen (secondary N) is 1. The van der Waals surface area contributed by atoms with Crippen LogP contribution in [0.3, 0.4) is 0 Å². The Hall–Kier alpha value is -3.36. The molecule has 7 rings (SSSR count). The lowest BCUT2D eigenvalue weighted by Crippen LogP contribution is -2.53. The quantitative estimate of drug-likeness (QED) is 0.245. The molecule has 4 aliphatic carbocycles. The summed E-state index contributed by atoms with van der Waals surface area (Å²) in [6.07, 6.45) is 9.12. The topological polar surface area (TPSA) is 86.8 Å². The number of amides is 2. The summed E-state index contributed by atoms with van der Waals surface area (Å²) in [7, 11) is -3.83. The molecule has 1 atom stereocenters. The number of benzene rings is 3. The maximum atomic E-state index is 14.3. The van der Waals surface area contributed by atoms with E-state index >= 15 is 0 Å². The van der Waals surface area contributed by atoms with Crippen molar-refractivity contribution in [3.05, 3.63) is 101 Å². The Balaban J connectivity index is 1.30. The highest BCUT2D eigenvalue weighted by Crippen LogP contribution is 2.60. The lowest BCUT2D eigenvalue weighted by molar-refractivity contribution is -0.140. The number of likely N-dealkylation sites (N-methyl/N-ethyl adjacent to an activating group) is 1. The first-order valence-corrected chi connectivity index (χ1v) is 18.7. The Bertz CT molecular complexity index is 1630. The molecule has 7 nitrogen and oxygen atoms in total. The van der Waals surface area contributed by atoms with Gasteiger partial charge in [0.25, 0.3) is 0 Å². The molecule has 244 valence electrons. The van der Waals surface area contributed by atoms with E-state index in [4.69, 9.17) is 11.6 Å². The van der Waals surface area contributed by atoms with Crippen molar-refractivity contribution in [3.8, 4) is 0 Å². The van der Waals surface area contributed by atoms with Crippen molar-refractivity contribution in [2.75, 3.05) is 23.7 Å². The Kier molecular flexibility index (Phi) is 9.49. The minimum atomic E-state index is -3.83. The van der Waals surface area contributed by atoms with Crippen molar-refractivity contribution < 1.29 is 18.0 Å². The third-order valence-corrected chi connectivity index (χ3v) is 11.7. The van der Waals surface area contributed by atoms with Gasteiger partial charge in [0.15, 0.2) is 0 Å². The van der Waals surface area contributed by atoms with Crippen LogP contribution in [-0.2, 0) is 38.0 Å². The highest BCUT2D eigenvalue weighted by atomic mass is 35.5. The largest absolute Gasteiger partial charge is 0.355 e. The third kappa shape index (κ3) is 7.13. The zero-order valence-electron chi connectivity index (χ0n) is 26.7. The van der Waals surface area contributed by atoms with E-state index < -0.39 is 28.5 Å². The molecule has 46 heavy (non-hydrogen) atoms. The van der Waals surface area contributed by atoms with E-state index in [9.17, 15) is 18.0 Å². The van der Waals surface area contributed by atoms with E-state index in [1.165, 1.54) is 53.3 Å². The van der Waals surface area contributed by atoms with Crippen molar-refractivity contribution in [3.63, 3.8) is 0 Å². The molecule has 2 amide bonds. The molecule has 0 spiro atoms. The number of hydrogen-bond acceptors (Lipinski definition) is 4. The summed E-state index contributed by atoms with van der Waals surface area (Å²) in [6, 6.07) is 23.7. The Morgan fingerprint density at radius 3 is 2.07 bits per heavy atom. The van der Waals surface area contributed by atoms with Crippen molar-refractivity contribution in [1.82, 2.24) is 10.2 Å². The zero-order valence-corrected chi connectivity index (χ0v) is 28.3. The number of carbonyl (C=O) groups is 2. The molecule has 0 unspecified atom stereocenters. The summed E-state index contributed by atoms with van der Waals surface area (Å²) in [5.41, 5.74) is 3.56. The van der Waals surface area contributed by atoms with Crippen LogP contribution in [0.2, 0.25) is 5.02 Å². The van der Waals surface area contributed by atoms with Crippen LogP contribution in [0, 0.1) is 17.8 Å². The average molecular weight is 662 g/mol. The molecule has 3 aromatic carbocycles. The number of carbonyl (C=O) groups excluding carboxylic acids is 2. The van der Waals surface area contributed by atoms with Crippen LogP contribution in [0.25, 0.3) is 0 Å². The fourth-order valence-corrected chi connectivity index (χ4v) is 9.80. The summed E-state index contributed by atoms with van der Waals surface area (Å²) >= 11 is 6.29. The molecule has 4 fully saturated rings. The molecule has 3 aromatic rings. The summed E-state index contributed by atoms with van der Waals surface area (Å²) in [4.78, 5) is 29.3. The molecule has 1 N–H and O–H groups in total. The first-order valence-electron chi connectivity index (χ1n) is 16.5. The number of rotatable bonds is 12. The monoisotopic (exact) mass is 661 g/mol.